The van der Waals surface area contributed by atoms with Crippen LogP contribution in [0.2, 0.25) is 0 Å². The van der Waals surface area contributed by atoms with Crippen molar-refractivity contribution in [2.24, 2.45) is 0 Å². The zero-order valence-electron chi connectivity index (χ0n) is 19.9. The molecule has 7 rings (SSSR count). The van der Waals surface area contributed by atoms with Crippen molar-refractivity contribution in [1.29, 1.82) is 0 Å². The molecule has 0 fully saturated rings. The van der Waals surface area contributed by atoms with Crippen molar-refractivity contribution >= 4 is 66.1 Å². The van der Waals surface area contributed by atoms with E-state index < -0.39 is 13.0 Å². The SMILES string of the molecule is O=P(c1ccccc1F)(c1cc2ccccc2c2ccccc12)c1cc2ccccc2c2ccccc12. The highest BCUT2D eigenvalue weighted by Crippen LogP contribution is 2.48. The lowest BCUT2D eigenvalue weighted by Crippen LogP contribution is -2.28. The molecule has 7 aromatic carbocycles. The van der Waals surface area contributed by atoms with E-state index >= 15 is 8.96 Å². The van der Waals surface area contributed by atoms with E-state index in [-0.39, 0.29) is 5.30 Å². The van der Waals surface area contributed by atoms with Crippen LogP contribution in [0.3, 0.4) is 0 Å². The fourth-order valence-corrected chi connectivity index (χ4v) is 8.85. The Bertz CT molecular complexity index is 1920. The monoisotopic (exact) mass is 496 g/mol. The van der Waals surface area contributed by atoms with Gasteiger partial charge in [0.1, 0.15) is 5.82 Å². The summed E-state index contributed by atoms with van der Waals surface area (Å²) >= 11 is 0. The Hall–Kier alpha value is -4.26. The minimum absolute atomic E-state index is 0.232. The topological polar surface area (TPSA) is 17.1 Å². The summed E-state index contributed by atoms with van der Waals surface area (Å²) in [6.07, 6.45) is 0. The maximum atomic E-state index is 15.9. The van der Waals surface area contributed by atoms with E-state index in [9.17, 15) is 0 Å². The van der Waals surface area contributed by atoms with Gasteiger partial charge in [-0.1, -0.05) is 109 Å². The van der Waals surface area contributed by atoms with Gasteiger partial charge in [-0.3, -0.25) is 0 Å². The molecule has 0 spiro atoms. The first kappa shape index (κ1) is 22.0. The first-order valence-corrected chi connectivity index (χ1v) is 14.0. The lowest BCUT2D eigenvalue weighted by Gasteiger charge is -2.25. The Balaban J connectivity index is 1.72. The zero-order chi connectivity index (χ0) is 25.0. The van der Waals surface area contributed by atoms with Crippen LogP contribution in [0, 0.1) is 5.82 Å². The zero-order valence-corrected chi connectivity index (χ0v) is 20.8. The van der Waals surface area contributed by atoms with Crippen LogP contribution in [0.25, 0.3) is 43.1 Å². The molecule has 0 aliphatic heterocycles. The first-order chi connectivity index (χ1) is 18.2. The molecule has 0 atom stereocenters. The number of hydrogen-bond donors (Lipinski definition) is 0. The van der Waals surface area contributed by atoms with Gasteiger partial charge in [0.2, 0.25) is 0 Å². The van der Waals surface area contributed by atoms with Crippen LogP contribution in [-0.2, 0) is 4.57 Å². The van der Waals surface area contributed by atoms with Gasteiger partial charge in [0.15, 0.2) is 7.14 Å². The smallest absolute Gasteiger partial charge is 0.175 e. The minimum atomic E-state index is -3.69. The fraction of sp³-hybridized carbons (Fsp3) is 0. The Morgan fingerprint density at radius 1 is 0.405 bits per heavy atom. The summed E-state index contributed by atoms with van der Waals surface area (Å²) in [5, 5.41) is 9.48. The molecule has 0 aliphatic rings. The number of benzene rings is 7. The highest BCUT2D eigenvalue weighted by Gasteiger charge is 2.36. The molecule has 176 valence electrons. The Kier molecular flexibility index (Phi) is 4.99. The van der Waals surface area contributed by atoms with Crippen LogP contribution in [0.1, 0.15) is 0 Å². The summed E-state index contributed by atoms with van der Waals surface area (Å²) in [5.74, 6) is -0.458. The average molecular weight is 497 g/mol. The van der Waals surface area contributed by atoms with Gasteiger partial charge in [-0.05, 0) is 67.4 Å². The summed E-state index contributed by atoms with van der Waals surface area (Å²) in [6, 6.07) is 42.8. The number of hydrogen-bond acceptors (Lipinski definition) is 1. The van der Waals surface area contributed by atoms with E-state index in [1.54, 1.807) is 18.2 Å². The van der Waals surface area contributed by atoms with Gasteiger partial charge >= 0.3 is 0 Å². The van der Waals surface area contributed by atoms with Crippen molar-refractivity contribution in [2.45, 2.75) is 0 Å². The summed E-state index contributed by atoms with van der Waals surface area (Å²) in [5.41, 5.74) is 0. The van der Waals surface area contributed by atoms with Crippen LogP contribution in [0.15, 0.2) is 133 Å². The average Bonchev–Trinajstić information content (AvgIpc) is 2.96. The number of rotatable bonds is 3. The van der Waals surface area contributed by atoms with Crippen LogP contribution >= 0.6 is 7.14 Å². The van der Waals surface area contributed by atoms with Gasteiger partial charge in [-0.2, -0.15) is 0 Å². The molecule has 0 saturated carbocycles. The van der Waals surface area contributed by atoms with Gasteiger partial charge in [0.05, 0.1) is 5.30 Å². The van der Waals surface area contributed by atoms with Crippen molar-refractivity contribution in [2.75, 3.05) is 0 Å². The predicted octanol–water partition coefficient (Wildman–Crippen LogP) is 8.08. The largest absolute Gasteiger partial charge is 0.308 e. The summed E-state index contributed by atoms with van der Waals surface area (Å²) in [7, 11) is -3.69. The molecule has 0 saturated heterocycles. The molecule has 0 unspecified atom stereocenters. The van der Waals surface area contributed by atoms with Crippen LogP contribution in [-0.4, -0.2) is 0 Å². The summed E-state index contributed by atoms with van der Waals surface area (Å²) in [4.78, 5) is 0. The molecule has 3 heteroatoms. The van der Waals surface area contributed by atoms with Crippen LogP contribution in [0.4, 0.5) is 4.39 Å². The Morgan fingerprint density at radius 2 is 0.784 bits per heavy atom. The van der Waals surface area contributed by atoms with E-state index in [0.717, 1.165) is 43.1 Å². The third-order valence-electron chi connectivity index (χ3n) is 7.36. The van der Waals surface area contributed by atoms with Gasteiger partial charge in [-0.25, -0.2) is 4.39 Å². The van der Waals surface area contributed by atoms with Crippen LogP contribution in [0.5, 0.6) is 0 Å². The van der Waals surface area contributed by atoms with E-state index in [2.05, 4.69) is 24.3 Å². The second-order valence-electron chi connectivity index (χ2n) is 9.39. The fourth-order valence-electron chi connectivity index (χ4n) is 5.69. The first-order valence-electron chi connectivity index (χ1n) is 12.3. The van der Waals surface area contributed by atoms with Crippen molar-refractivity contribution in [3.8, 4) is 0 Å². The van der Waals surface area contributed by atoms with Gasteiger partial charge < -0.3 is 4.57 Å². The minimum Gasteiger partial charge on any atom is -0.308 e. The van der Waals surface area contributed by atoms with Crippen LogP contribution < -0.4 is 15.9 Å². The molecular weight excluding hydrogens is 474 g/mol. The van der Waals surface area contributed by atoms with E-state index in [1.165, 1.54) is 6.07 Å². The van der Waals surface area contributed by atoms with E-state index in [4.69, 9.17) is 0 Å². The quantitative estimate of drug-likeness (QED) is 0.179. The third kappa shape index (κ3) is 3.26. The maximum absolute atomic E-state index is 15.9. The predicted molar refractivity (Wildman–Crippen MR) is 156 cm³/mol. The maximum Gasteiger partial charge on any atom is 0.175 e. The van der Waals surface area contributed by atoms with Crippen molar-refractivity contribution in [1.82, 2.24) is 0 Å². The second kappa shape index (κ2) is 8.40. The normalized spacial score (nSPS) is 12.0. The summed E-state index contributed by atoms with van der Waals surface area (Å²) < 4.78 is 31.6. The lowest BCUT2D eigenvalue weighted by atomic mass is 10.0. The van der Waals surface area contributed by atoms with E-state index in [1.807, 2.05) is 84.9 Å². The molecule has 1 nitrogen and oxygen atoms in total. The molecule has 37 heavy (non-hydrogen) atoms. The van der Waals surface area contributed by atoms with Crippen molar-refractivity contribution in [3.63, 3.8) is 0 Å². The lowest BCUT2D eigenvalue weighted by molar-refractivity contribution is 0.589. The highest BCUT2D eigenvalue weighted by atomic mass is 31.2. The molecular formula is C34H22FOP. The van der Waals surface area contributed by atoms with Crippen molar-refractivity contribution in [3.05, 3.63) is 139 Å². The standard InChI is InChI=1S/C34H22FOP/c35-31-19-9-10-20-32(31)37(36,33-21-23-11-1-3-13-25(23)27-15-5-7-17-29(27)33)34-22-24-12-2-4-14-26(24)28-16-6-8-18-30(28)34/h1-22H. The Morgan fingerprint density at radius 3 is 1.27 bits per heavy atom. The molecule has 0 amide bonds. The molecule has 0 aromatic heterocycles. The third-order valence-corrected chi connectivity index (χ3v) is 10.5. The van der Waals surface area contributed by atoms with Gasteiger partial charge in [0, 0.05) is 10.6 Å². The molecule has 0 bridgehead atoms. The van der Waals surface area contributed by atoms with Crippen molar-refractivity contribution < 1.29 is 8.96 Å². The number of halogens is 1. The molecule has 0 heterocycles. The second-order valence-corrected chi connectivity index (χ2v) is 12.0. The molecule has 0 radical (unpaired) electrons. The molecule has 0 aliphatic carbocycles. The van der Waals surface area contributed by atoms with E-state index in [0.29, 0.717) is 10.6 Å². The summed E-state index contributed by atoms with van der Waals surface area (Å²) in [6.45, 7) is 0. The number of fused-ring (bicyclic) bond motifs is 6. The molecule has 7 aromatic rings. The Labute approximate surface area is 214 Å². The van der Waals surface area contributed by atoms with Gasteiger partial charge in [0.25, 0.3) is 0 Å². The van der Waals surface area contributed by atoms with Gasteiger partial charge in [-0.15, -0.1) is 0 Å². The highest BCUT2D eigenvalue weighted by molar-refractivity contribution is 7.86. The molecule has 0 N–H and O–H groups in total.